The first kappa shape index (κ1) is 16.3. The summed E-state index contributed by atoms with van der Waals surface area (Å²) >= 11 is 1.49. The first-order valence-electron chi connectivity index (χ1n) is 7.91. The monoisotopic (exact) mass is 372 g/mol. The van der Waals surface area contributed by atoms with Gasteiger partial charge in [0, 0.05) is 28.9 Å². The van der Waals surface area contributed by atoms with Crippen LogP contribution < -0.4 is 0 Å². The van der Waals surface area contributed by atoms with Crippen LogP contribution in [0.4, 0.5) is 0 Å². The van der Waals surface area contributed by atoms with Gasteiger partial charge in [-0.05, 0) is 30.7 Å². The van der Waals surface area contributed by atoms with Crippen LogP contribution in [-0.4, -0.2) is 44.9 Å². The molecule has 0 saturated carbocycles. The quantitative estimate of drug-likeness (QED) is 0.701. The third-order valence-corrected chi connectivity index (χ3v) is 7.24. The second kappa shape index (κ2) is 6.61. The molecular formula is C17H16N4O2S2. The van der Waals surface area contributed by atoms with Crippen molar-refractivity contribution in [3.63, 3.8) is 0 Å². The lowest BCUT2D eigenvalue weighted by atomic mass is 10.2. The normalized spacial score (nSPS) is 19.1. The molecule has 25 heavy (non-hydrogen) atoms. The number of thioether (sulfide) groups is 1. The largest absolute Gasteiger partial charge is 0.270 e. The summed E-state index contributed by atoms with van der Waals surface area (Å²) in [5, 5.41) is 9.42. The third kappa shape index (κ3) is 3.45. The van der Waals surface area contributed by atoms with Crippen molar-refractivity contribution in [2.45, 2.75) is 16.8 Å². The standard InChI is InChI=1S/C17H16N4O2S2/c22-25(23)11-8-15(12-25)24-17-20-19-16(13-6-9-18-10-7-13)21(17)14-4-2-1-3-5-14/h1-7,9-10,15H,8,11-12H2. The molecule has 1 aliphatic heterocycles. The van der Waals surface area contributed by atoms with Crippen LogP contribution in [0, 0.1) is 0 Å². The van der Waals surface area contributed by atoms with Gasteiger partial charge in [-0.15, -0.1) is 10.2 Å². The lowest BCUT2D eigenvalue weighted by molar-refractivity contribution is 0.602. The van der Waals surface area contributed by atoms with E-state index in [2.05, 4.69) is 15.2 Å². The summed E-state index contributed by atoms with van der Waals surface area (Å²) < 4.78 is 25.5. The van der Waals surface area contributed by atoms with Crippen molar-refractivity contribution >= 4 is 21.6 Å². The van der Waals surface area contributed by atoms with E-state index < -0.39 is 9.84 Å². The number of pyridine rings is 1. The van der Waals surface area contributed by atoms with Crippen LogP contribution in [-0.2, 0) is 9.84 Å². The van der Waals surface area contributed by atoms with Crippen LogP contribution in [0.15, 0.2) is 60.0 Å². The van der Waals surface area contributed by atoms with Gasteiger partial charge in [0.25, 0.3) is 0 Å². The average molecular weight is 372 g/mol. The molecule has 2 aromatic heterocycles. The molecule has 8 heteroatoms. The van der Waals surface area contributed by atoms with E-state index in [9.17, 15) is 8.42 Å². The predicted molar refractivity (Wildman–Crippen MR) is 97.5 cm³/mol. The maximum absolute atomic E-state index is 11.7. The van der Waals surface area contributed by atoms with Gasteiger partial charge in [-0.25, -0.2) is 8.42 Å². The molecule has 1 atom stereocenters. The first-order chi connectivity index (χ1) is 12.1. The molecular weight excluding hydrogens is 356 g/mol. The second-order valence-electron chi connectivity index (χ2n) is 5.86. The van der Waals surface area contributed by atoms with Crippen molar-refractivity contribution in [3.8, 4) is 17.1 Å². The number of rotatable bonds is 4. The van der Waals surface area contributed by atoms with E-state index in [1.165, 1.54) is 11.8 Å². The Bertz CT molecular complexity index is 972. The molecule has 0 aliphatic carbocycles. The Kier molecular flexibility index (Phi) is 4.30. The van der Waals surface area contributed by atoms with Gasteiger partial charge in [0.2, 0.25) is 0 Å². The molecule has 128 valence electrons. The minimum Gasteiger partial charge on any atom is -0.270 e. The fourth-order valence-corrected chi connectivity index (χ4v) is 6.35. The minimum absolute atomic E-state index is 0.0157. The molecule has 1 aromatic carbocycles. The van der Waals surface area contributed by atoms with Crippen LogP contribution in [0.3, 0.4) is 0 Å². The van der Waals surface area contributed by atoms with Crippen LogP contribution in [0.1, 0.15) is 6.42 Å². The zero-order chi connectivity index (χ0) is 17.3. The van der Waals surface area contributed by atoms with Gasteiger partial charge in [0.05, 0.1) is 11.5 Å². The average Bonchev–Trinajstić information content (AvgIpc) is 3.19. The lowest BCUT2D eigenvalue weighted by Crippen LogP contribution is -2.08. The Balaban J connectivity index is 1.76. The van der Waals surface area contributed by atoms with Crippen LogP contribution in [0.25, 0.3) is 17.1 Å². The smallest absolute Gasteiger partial charge is 0.196 e. The number of para-hydroxylation sites is 1. The number of nitrogens with zero attached hydrogens (tertiary/aromatic N) is 4. The van der Waals surface area contributed by atoms with E-state index in [0.717, 1.165) is 17.1 Å². The van der Waals surface area contributed by atoms with Gasteiger partial charge >= 0.3 is 0 Å². The van der Waals surface area contributed by atoms with Gasteiger partial charge in [0.1, 0.15) is 0 Å². The minimum atomic E-state index is -2.92. The molecule has 0 spiro atoms. The van der Waals surface area contributed by atoms with Crippen molar-refractivity contribution in [2.75, 3.05) is 11.5 Å². The Labute approximate surface area is 150 Å². The molecule has 1 fully saturated rings. The summed E-state index contributed by atoms with van der Waals surface area (Å²) in [5.41, 5.74) is 1.86. The highest BCUT2D eigenvalue weighted by Gasteiger charge is 2.30. The maximum Gasteiger partial charge on any atom is 0.196 e. The molecule has 0 bridgehead atoms. The molecule has 3 aromatic rings. The van der Waals surface area contributed by atoms with E-state index in [-0.39, 0.29) is 16.8 Å². The number of aromatic nitrogens is 4. The highest BCUT2D eigenvalue weighted by Crippen LogP contribution is 2.33. The van der Waals surface area contributed by atoms with E-state index in [0.29, 0.717) is 11.6 Å². The molecule has 0 radical (unpaired) electrons. The van der Waals surface area contributed by atoms with Crippen molar-refractivity contribution in [2.24, 2.45) is 0 Å². The van der Waals surface area contributed by atoms with Crippen molar-refractivity contribution in [3.05, 3.63) is 54.9 Å². The van der Waals surface area contributed by atoms with Crippen LogP contribution >= 0.6 is 11.8 Å². The number of hydrogen-bond acceptors (Lipinski definition) is 6. The van der Waals surface area contributed by atoms with Gasteiger partial charge in [-0.1, -0.05) is 30.0 Å². The van der Waals surface area contributed by atoms with Gasteiger partial charge in [0.15, 0.2) is 20.8 Å². The van der Waals surface area contributed by atoms with Gasteiger partial charge < -0.3 is 0 Å². The van der Waals surface area contributed by atoms with Crippen molar-refractivity contribution in [1.82, 2.24) is 19.7 Å². The molecule has 1 saturated heterocycles. The van der Waals surface area contributed by atoms with E-state index in [4.69, 9.17) is 0 Å². The highest BCUT2D eigenvalue weighted by atomic mass is 32.2. The summed E-state index contributed by atoms with van der Waals surface area (Å²) in [5.74, 6) is 1.17. The fourth-order valence-electron chi connectivity index (χ4n) is 2.85. The highest BCUT2D eigenvalue weighted by molar-refractivity contribution is 8.01. The molecule has 0 N–H and O–H groups in total. The maximum atomic E-state index is 11.7. The molecule has 4 rings (SSSR count). The third-order valence-electron chi connectivity index (χ3n) is 4.05. The summed E-state index contributed by atoms with van der Waals surface area (Å²) in [6, 6.07) is 13.6. The summed E-state index contributed by atoms with van der Waals surface area (Å²) in [4.78, 5) is 4.05. The molecule has 6 nitrogen and oxygen atoms in total. The van der Waals surface area contributed by atoms with Crippen LogP contribution in [0.5, 0.6) is 0 Å². The van der Waals surface area contributed by atoms with Crippen molar-refractivity contribution < 1.29 is 8.42 Å². The molecule has 1 aliphatic rings. The Morgan fingerprint density at radius 2 is 1.80 bits per heavy atom. The molecule has 1 unspecified atom stereocenters. The second-order valence-corrected chi connectivity index (χ2v) is 9.35. The summed E-state index contributed by atoms with van der Waals surface area (Å²) in [7, 11) is -2.92. The van der Waals surface area contributed by atoms with Crippen molar-refractivity contribution in [1.29, 1.82) is 0 Å². The molecule has 0 amide bonds. The molecule has 3 heterocycles. The Morgan fingerprint density at radius 1 is 1.04 bits per heavy atom. The zero-order valence-electron chi connectivity index (χ0n) is 13.3. The zero-order valence-corrected chi connectivity index (χ0v) is 14.9. The van der Waals surface area contributed by atoms with E-state index in [1.54, 1.807) is 12.4 Å². The van der Waals surface area contributed by atoms with Gasteiger partial charge in [-0.2, -0.15) is 0 Å². The fraction of sp³-hybridized carbons (Fsp3) is 0.235. The van der Waals surface area contributed by atoms with Gasteiger partial charge in [-0.3, -0.25) is 9.55 Å². The van der Waals surface area contributed by atoms with E-state index >= 15 is 0 Å². The predicted octanol–water partition coefficient (Wildman–Crippen LogP) is 2.61. The summed E-state index contributed by atoms with van der Waals surface area (Å²) in [6.07, 6.45) is 4.09. The number of sulfone groups is 1. The lowest BCUT2D eigenvalue weighted by Gasteiger charge is -2.12. The summed E-state index contributed by atoms with van der Waals surface area (Å²) in [6.45, 7) is 0. The van der Waals surface area contributed by atoms with Crippen LogP contribution in [0.2, 0.25) is 0 Å². The van der Waals surface area contributed by atoms with E-state index in [1.807, 2.05) is 47.0 Å². The Morgan fingerprint density at radius 3 is 2.48 bits per heavy atom. The Hall–Kier alpha value is -2.19. The number of hydrogen-bond donors (Lipinski definition) is 0. The SMILES string of the molecule is O=S1(=O)CCC(Sc2nnc(-c3ccncc3)n2-c2ccccc2)C1. The topological polar surface area (TPSA) is 77.7 Å². The first-order valence-corrected chi connectivity index (χ1v) is 10.6. The number of benzene rings is 1.